The Bertz CT molecular complexity index is 1740. The van der Waals surface area contributed by atoms with Crippen molar-refractivity contribution >= 4 is 38.7 Å². The Morgan fingerprint density at radius 3 is 2.34 bits per heavy atom. The third kappa shape index (κ3) is 5.53. The molecule has 214 valence electrons. The fourth-order valence-corrected chi connectivity index (χ4v) is 6.40. The number of hydrogen-bond acceptors (Lipinski definition) is 4. The molecule has 1 fully saturated rings. The van der Waals surface area contributed by atoms with E-state index in [1.807, 2.05) is 29.2 Å². The minimum absolute atomic E-state index is 0.0442. The summed E-state index contributed by atoms with van der Waals surface area (Å²) in [5.74, 6) is 0. The van der Waals surface area contributed by atoms with Gasteiger partial charge >= 0.3 is 6.18 Å². The fourth-order valence-electron chi connectivity index (χ4n) is 5.43. The highest BCUT2D eigenvalue weighted by Gasteiger charge is 2.43. The number of nitrogens with zero attached hydrogens (tertiary/aromatic N) is 3. The van der Waals surface area contributed by atoms with E-state index in [0.29, 0.717) is 33.4 Å². The third-order valence-electron chi connectivity index (χ3n) is 7.12. The summed E-state index contributed by atoms with van der Waals surface area (Å²) in [6.45, 7) is 5.36. The van der Waals surface area contributed by atoms with Crippen molar-refractivity contribution in [3.8, 4) is 5.69 Å². The lowest BCUT2D eigenvalue weighted by Gasteiger charge is -2.29. The molecule has 0 unspecified atom stereocenters. The number of hydrogen-bond donors (Lipinski definition) is 2. The molecule has 1 aliphatic rings. The first-order valence-electron chi connectivity index (χ1n) is 12.7. The van der Waals surface area contributed by atoms with Gasteiger partial charge in [-0.25, -0.2) is 8.42 Å². The molecule has 0 bridgehead atoms. The zero-order valence-electron chi connectivity index (χ0n) is 22.7. The van der Waals surface area contributed by atoms with Crippen LogP contribution in [0, 0.1) is 20.8 Å². The number of pyridine rings is 1. The molecule has 2 aromatic heterocycles. The van der Waals surface area contributed by atoms with Crippen LogP contribution in [0.3, 0.4) is 0 Å². The Morgan fingerprint density at radius 1 is 1.00 bits per heavy atom. The zero-order valence-corrected chi connectivity index (χ0v) is 24.3. The van der Waals surface area contributed by atoms with E-state index < -0.39 is 33.8 Å². The van der Waals surface area contributed by atoms with Crippen LogP contribution in [0.5, 0.6) is 0 Å². The van der Waals surface area contributed by atoms with Gasteiger partial charge in [-0.05, 0) is 92.6 Å². The molecule has 41 heavy (non-hydrogen) atoms. The molecule has 0 radical (unpaired) electrons. The van der Waals surface area contributed by atoms with Crippen molar-refractivity contribution in [2.45, 2.75) is 39.0 Å². The van der Waals surface area contributed by atoms with E-state index in [1.54, 1.807) is 55.8 Å². The Morgan fingerprint density at radius 2 is 1.71 bits per heavy atom. The molecule has 12 heteroatoms. The summed E-state index contributed by atoms with van der Waals surface area (Å²) < 4.78 is 69.8. The van der Waals surface area contributed by atoms with E-state index in [9.17, 15) is 21.6 Å². The predicted octanol–water partition coefficient (Wildman–Crippen LogP) is 6.36. The minimum atomic E-state index is -4.53. The Kier molecular flexibility index (Phi) is 7.33. The Balaban J connectivity index is 1.68. The number of alkyl halides is 3. The number of sulfonamides is 1. The molecule has 7 nitrogen and oxygen atoms in total. The van der Waals surface area contributed by atoms with Gasteiger partial charge in [-0.1, -0.05) is 18.2 Å². The SMILES string of the molecule is Cc1cc(N2C(=S)N[C@@H](c3ccccn3)[C@@H]2c2cc(C)n(-c3ccccc3C(F)(F)F)c2C)ccc1NS(C)(=O)=O. The van der Waals surface area contributed by atoms with E-state index in [-0.39, 0.29) is 5.69 Å². The number of rotatable bonds is 6. The number of anilines is 2. The summed E-state index contributed by atoms with van der Waals surface area (Å²) in [6, 6.07) is 17.3. The highest BCUT2D eigenvalue weighted by Crippen LogP contribution is 2.45. The average Bonchev–Trinajstić information content (AvgIpc) is 3.39. The monoisotopic (exact) mass is 599 g/mol. The minimum Gasteiger partial charge on any atom is -0.351 e. The molecule has 1 saturated heterocycles. The summed E-state index contributed by atoms with van der Waals surface area (Å²) in [5.41, 5.74) is 3.90. The third-order valence-corrected chi connectivity index (χ3v) is 8.03. The number of thiocarbonyl (C=S) groups is 1. The van der Waals surface area contributed by atoms with Crippen LogP contribution in [-0.2, 0) is 16.2 Å². The van der Waals surface area contributed by atoms with Gasteiger partial charge in [0.1, 0.15) is 0 Å². The second kappa shape index (κ2) is 10.5. The van der Waals surface area contributed by atoms with Gasteiger partial charge in [0, 0.05) is 23.3 Å². The molecule has 0 spiro atoms. The van der Waals surface area contributed by atoms with Crippen LogP contribution in [-0.4, -0.2) is 29.3 Å². The fraction of sp³-hybridized carbons (Fsp3) is 0.241. The highest BCUT2D eigenvalue weighted by molar-refractivity contribution is 7.92. The molecule has 0 aliphatic carbocycles. The van der Waals surface area contributed by atoms with Crippen LogP contribution in [0.1, 0.15) is 45.9 Å². The van der Waals surface area contributed by atoms with Gasteiger partial charge in [0.25, 0.3) is 0 Å². The Hall–Kier alpha value is -3.90. The largest absolute Gasteiger partial charge is 0.418 e. The van der Waals surface area contributed by atoms with E-state index in [4.69, 9.17) is 12.2 Å². The van der Waals surface area contributed by atoms with Crippen LogP contribution >= 0.6 is 12.2 Å². The van der Waals surface area contributed by atoms with E-state index in [2.05, 4.69) is 15.0 Å². The first kappa shape index (κ1) is 28.6. The zero-order chi connectivity index (χ0) is 29.7. The van der Waals surface area contributed by atoms with Gasteiger partial charge in [-0.2, -0.15) is 13.2 Å². The maximum absolute atomic E-state index is 14.0. The summed E-state index contributed by atoms with van der Waals surface area (Å²) >= 11 is 5.81. The number of benzene rings is 2. The molecule has 3 heterocycles. The molecule has 0 saturated carbocycles. The Labute approximate surface area is 242 Å². The van der Waals surface area contributed by atoms with Gasteiger partial charge in [0.2, 0.25) is 10.0 Å². The van der Waals surface area contributed by atoms with Crippen molar-refractivity contribution in [1.82, 2.24) is 14.9 Å². The first-order chi connectivity index (χ1) is 19.3. The van der Waals surface area contributed by atoms with Crippen LogP contribution in [0.2, 0.25) is 0 Å². The number of aryl methyl sites for hydroxylation is 2. The molecular weight excluding hydrogens is 571 g/mol. The summed E-state index contributed by atoms with van der Waals surface area (Å²) in [6.07, 6.45) is -1.77. The lowest BCUT2D eigenvalue weighted by molar-refractivity contribution is -0.137. The molecule has 2 atom stereocenters. The van der Waals surface area contributed by atoms with Gasteiger partial charge in [0.15, 0.2) is 5.11 Å². The lowest BCUT2D eigenvalue weighted by Crippen LogP contribution is -2.29. The molecule has 2 N–H and O–H groups in total. The molecular formula is C29H28F3N5O2S2. The van der Waals surface area contributed by atoms with E-state index >= 15 is 0 Å². The normalized spacial score (nSPS) is 17.5. The van der Waals surface area contributed by atoms with Gasteiger partial charge in [0.05, 0.1) is 41.0 Å². The van der Waals surface area contributed by atoms with Crippen LogP contribution in [0.25, 0.3) is 5.69 Å². The maximum atomic E-state index is 14.0. The number of nitrogens with one attached hydrogen (secondary N) is 2. The van der Waals surface area contributed by atoms with Crippen molar-refractivity contribution in [2.75, 3.05) is 15.9 Å². The molecule has 0 amide bonds. The molecule has 2 aromatic carbocycles. The van der Waals surface area contributed by atoms with Crippen molar-refractivity contribution in [3.05, 3.63) is 107 Å². The van der Waals surface area contributed by atoms with Crippen LogP contribution in [0.4, 0.5) is 24.5 Å². The summed E-state index contributed by atoms with van der Waals surface area (Å²) in [5, 5.41) is 3.78. The quantitative estimate of drug-likeness (QED) is 0.251. The summed E-state index contributed by atoms with van der Waals surface area (Å²) in [7, 11) is -3.48. The van der Waals surface area contributed by atoms with Crippen LogP contribution in [0.15, 0.2) is 72.9 Å². The van der Waals surface area contributed by atoms with Gasteiger partial charge in [-0.3, -0.25) is 9.71 Å². The predicted molar refractivity (Wildman–Crippen MR) is 158 cm³/mol. The first-order valence-corrected chi connectivity index (χ1v) is 15.0. The maximum Gasteiger partial charge on any atom is 0.418 e. The van der Waals surface area contributed by atoms with Crippen molar-refractivity contribution in [3.63, 3.8) is 0 Å². The van der Waals surface area contributed by atoms with Crippen molar-refractivity contribution in [1.29, 1.82) is 0 Å². The van der Waals surface area contributed by atoms with E-state index in [1.165, 1.54) is 12.1 Å². The van der Waals surface area contributed by atoms with Crippen LogP contribution < -0.4 is 14.9 Å². The molecule has 5 rings (SSSR count). The van der Waals surface area contributed by atoms with Gasteiger partial charge < -0.3 is 14.8 Å². The standard InChI is InChI=1S/C29H28F3N5O2S2/c1-17-15-20(12-13-23(17)35-41(4,38)39)37-27(26(34-28(37)40)24-10-7-8-14-33-24)21-16-18(2)36(19(21)3)25-11-6-5-9-22(25)29(30,31)32/h5-16,26-27,35H,1-4H3,(H,34,40)/t26-,27-/m0/s1. The highest BCUT2D eigenvalue weighted by atomic mass is 32.2. The second-order valence-electron chi connectivity index (χ2n) is 10.0. The van der Waals surface area contributed by atoms with Gasteiger partial charge in [-0.15, -0.1) is 0 Å². The van der Waals surface area contributed by atoms with Crippen molar-refractivity contribution in [2.24, 2.45) is 0 Å². The average molecular weight is 600 g/mol. The molecule has 1 aliphatic heterocycles. The number of para-hydroxylation sites is 1. The van der Waals surface area contributed by atoms with Crippen molar-refractivity contribution < 1.29 is 21.6 Å². The number of halogens is 3. The summed E-state index contributed by atoms with van der Waals surface area (Å²) in [4.78, 5) is 6.46. The topological polar surface area (TPSA) is 79.3 Å². The lowest BCUT2D eigenvalue weighted by atomic mass is 9.96. The molecule has 4 aromatic rings. The smallest absolute Gasteiger partial charge is 0.351 e. The number of aromatic nitrogens is 2. The second-order valence-corrected chi connectivity index (χ2v) is 12.2. The van der Waals surface area contributed by atoms with E-state index in [0.717, 1.165) is 23.6 Å².